The Morgan fingerprint density at radius 3 is 2.90 bits per heavy atom. The predicted molar refractivity (Wildman–Crippen MR) is 89.8 cm³/mol. The monoisotopic (exact) mass is 304 g/mol. The third-order valence-corrected chi connectivity index (χ3v) is 5.11. The summed E-state index contributed by atoms with van der Waals surface area (Å²) in [6.07, 6.45) is 0.243. The fourth-order valence-corrected chi connectivity index (χ4v) is 4.48. The van der Waals surface area contributed by atoms with Crippen molar-refractivity contribution in [2.24, 2.45) is 5.73 Å². The van der Waals surface area contributed by atoms with Crippen molar-refractivity contribution >= 4 is 21.4 Å². The minimum absolute atomic E-state index is 0.114. The van der Waals surface area contributed by atoms with Crippen molar-refractivity contribution in [1.82, 2.24) is 4.90 Å². The largest absolute Gasteiger partial charge is 0.370 e. The summed E-state index contributed by atoms with van der Waals surface area (Å²) in [4.78, 5) is 2.49. The van der Waals surface area contributed by atoms with E-state index in [1.807, 2.05) is 11.3 Å². The van der Waals surface area contributed by atoms with Crippen molar-refractivity contribution in [3.63, 3.8) is 0 Å². The normalized spacial score (nSPS) is 24.3. The first-order valence-electron chi connectivity index (χ1n) is 7.58. The van der Waals surface area contributed by atoms with Crippen LogP contribution in [0.5, 0.6) is 0 Å². The number of benzene rings is 1. The number of ether oxygens (including phenoxy) is 1. The molecule has 1 aromatic carbocycles. The van der Waals surface area contributed by atoms with Gasteiger partial charge in [-0.1, -0.05) is 18.2 Å². The Bertz CT molecular complexity index is 622. The first kappa shape index (κ1) is 15.0. The molecule has 3 nitrogen and oxygen atoms in total. The number of hydrogen-bond donors (Lipinski definition) is 1. The fourth-order valence-electron chi connectivity index (χ4n) is 3.47. The molecule has 4 heteroatoms. The first-order valence-corrected chi connectivity index (χ1v) is 8.46. The van der Waals surface area contributed by atoms with E-state index in [-0.39, 0.29) is 17.7 Å². The Morgan fingerprint density at radius 1 is 1.43 bits per heavy atom. The number of nitrogens with two attached hydrogens (primary N) is 1. The van der Waals surface area contributed by atoms with Crippen LogP contribution in [0.15, 0.2) is 29.6 Å². The second-order valence-electron chi connectivity index (χ2n) is 6.56. The summed E-state index contributed by atoms with van der Waals surface area (Å²) in [5.74, 6) is 0. The lowest BCUT2D eigenvalue weighted by molar-refractivity contribution is -0.137. The highest BCUT2D eigenvalue weighted by molar-refractivity contribution is 7.17. The summed E-state index contributed by atoms with van der Waals surface area (Å²) in [5.41, 5.74) is 7.39. The molecule has 1 aliphatic heterocycles. The molecule has 2 aromatic rings. The summed E-state index contributed by atoms with van der Waals surface area (Å²) in [5, 5.41) is 3.62. The Labute approximate surface area is 130 Å². The Balaban J connectivity index is 1.94. The second-order valence-corrected chi connectivity index (χ2v) is 7.47. The van der Waals surface area contributed by atoms with Crippen molar-refractivity contribution in [2.45, 2.75) is 38.5 Å². The van der Waals surface area contributed by atoms with Crippen LogP contribution in [-0.4, -0.2) is 36.2 Å². The van der Waals surface area contributed by atoms with E-state index >= 15 is 0 Å². The maximum atomic E-state index is 6.14. The highest BCUT2D eigenvalue weighted by Crippen LogP contribution is 2.35. The van der Waals surface area contributed by atoms with E-state index in [9.17, 15) is 0 Å². The Hall–Kier alpha value is -0.940. The van der Waals surface area contributed by atoms with Gasteiger partial charge in [-0.3, -0.25) is 4.90 Å². The Kier molecular flexibility index (Phi) is 4.06. The van der Waals surface area contributed by atoms with Crippen molar-refractivity contribution in [3.05, 3.63) is 35.2 Å². The molecule has 2 N–H and O–H groups in total. The van der Waals surface area contributed by atoms with Crippen molar-refractivity contribution in [2.75, 3.05) is 19.6 Å². The van der Waals surface area contributed by atoms with Crippen LogP contribution in [0.3, 0.4) is 0 Å². The van der Waals surface area contributed by atoms with Crippen molar-refractivity contribution in [3.8, 4) is 0 Å². The maximum absolute atomic E-state index is 6.14. The fraction of sp³-hybridized carbons (Fsp3) is 0.529. The zero-order valence-electron chi connectivity index (χ0n) is 13.0. The molecule has 114 valence electrons. The number of fused-ring (bicyclic) bond motifs is 1. The van der Waals surface area contributed by atoms with Crippen LogP contribution in [0.4, 0.5) is 0 Å². The molecule has 0 aliphatic carbocycles. The molecule has 0 bridgehead atoms. The van der Waals surface area contributed by atoms with Gasteiger partial charge < -0.3 is 10.5 Å². The molecule has 2 heterocycles. The van der Waals surface area contributed by atoms with Gasteiger partial charge in [0.25, 0.3) is 0 Å². The van der Waals surface area contributed by atoms with Gasteiger partial charge in [-0.15, -0.1) is 11.3 Å². The summed E-state index contributed by atoms with van der Waals surface area (Å²) >= 11 is 1.81. The lowest BCUT2D eigenvalue weighted by Gasteiger charge is -2.45. The molecule has 1 fully saturated rings. The zero-order chi connectivity index (χ0) is 15.0. The molecule has 2 atom stereocenters. The van der Waals surface area contributed by atoms with Crippen LogP contribution >= 0.6 is 11.3 Å². The number of morpholine rings is 1. The molecule has 0 saturated carbocycles. The Morgan fingerprint density at radius 2 is 2.19 bits per heavy atom. The van der Waals surface area contributed by atoms with E-state index < -0.39 is 0 Å². The van der Waals surface area contributed by atoms with Crippen LogP contribution in [0.2, 0.25) is 0 Å². The van der Waals surface area contributed by atoms with Crippen LogP contribution in [-0.2, 0) is 4.74 Å². The lowest BCUT2D eigenvalue weighted by Crippen LogP contribution is -2.53. The lowest BCUT2D eigenvalue weighted by atomic mass is 9.99. The molecule has 3 rings (SSSR count). The van der Waals surface area contributed by atoms with E-state index in [1.165, 1.54) is 15.6 Å². The first-order chi connectivity index (χ1) is 10.00. The number of nitrogens with zero attached hydrogens (tertiary/aromatic N) is 1. The SMILES string of the molecule is CC1CN(C(CN)c2csc3ccccc23)CC(C)(C)O1. The van der Waals surface area contributed by atoms with Crippen molar-refractivity contribution < 1.29 is 4.74 Å². The molecule has 1 aliphatic rings. The van der Waals surface area contributed by atoms with Gasteiger partial charge in [0.15, 0.2) is 0 Å². The molecule has 21 heavy (non-hydrogen) atoms. The van der Waals surface area contributed by atoms with Gasteiger partial charge >= 0.3 is 0 Å². The minimum atomic E-state index is -0.114. The smallest absolute Gasteiger partial charge is 0.0757 e. The topological polar surface area (TPSA) is 38.5 Å². The van der Waals surface area contributed by atoms with Crippen LogP contribution in [0.25, 0.3) is 10.1 Å². The van der Waals surface area contributed by atoms with E-state index in [4.69, 9.17) is 10.5 Å². The van der Waals surface area contributed by atoms with E-state index in [0.717, 1.165) is 13.1 Å². The van der Waals surface area contributed by atoms with Gasteiger partial charge in [0.2, 0.25) is 0 Å². The summed E-state index contributed by atoms with van der Waals surface area (Å²) in [6.45, 7) is 8.97. The molecule has 1 aromatic heterocycles. The zero-order valence-corrected chi connectivity index (χ0v) is 13.8. The van der Waals surface area contributed by atoms with E-state index in [1.54, 1.807) is 0 Å². The molecule has 0 amide bonds. The van der Waals surface area contributed by atoms with Gasteiger partial charge in [-0.05, 0) is 43.2 Å². The molecular weight excluding hydrogens is 280 g/mol. The molecule has 2 unspecified atom stereocenters. The highest BCUT2D eigenvalue weighted by Gasteiger charge is 2.35. The molecular formula is C17H24N2OS. The highest BCUT2D eigenvalue weighted by atomic mass is 32.1. The number of thiophene rings is 1. The minimum Gasteiger partial charge on any atom is -0.370 e. The van der Waals surface area contributed by atoms with Gasteiger partial charge in [0, 0.05) is 30.4 Å². The van der Waals surface area contributed by atoms with Crippen LogP contribution in [0, 0.1) is 0 Å². The van der Waals surface area contributed by atoms with E-state index in [2.05, 4.69) is 55.3 Å². The quantitative estimate of drug-likeness (QED) is 0.944. The summed E-state index contributed by atoms with van der Waals surface area (Å²) in [6, 6.07) is 8.87. The summed E-state index contributed by atoms with van der Waals surface area (Å²) in [7, 11) is 0. The van der Waals surface area contributed by atoms with E-state index in [0.29, 0.717) is 6.54 Å². The second kappa shape index (κ2) is 5.69. The van der Waals surface area contributed by atoms with Crippen LogP contribution < -0.4 is 5.73 Å². The van der Waals surface area contributed by atoms with Gasteiger partial charge in [0.1, 0.15) is 0 Å². The van der Waals surface area contributed by atoms with Gasteiger partial charge in [-0.25, -0.2) is 0 Å². The number of hydrogen-bond acceptors (Lipinski definition) is 4. The third-order valence-electron chi connectivity index (χ3n) is 4.13. The maximum Gasteiger partial charge on any atom is 0.0757 e. The average molecular weight is 304 g/mol. The third kappa shape index (κ3) is 2.99. The van der Waals surface area contributed by atoms with Crippen molar-refractivity contribution in [1.29, 1.82) is 0 Å². The standard InChI is InChI=1S/C17H24N2OS/c1-12-9-19(11-17(2,3)20-12)15(8-18)14-10-21-16-7-5-4-6-13(14)16/h4-7,10,12,15H,8-9,11,18H2,1-3H3. The van der Waals surface area contributed by atoms with Crippen LogP contribution in [0.1, 0.15) is 32.4 Å². The predicted octanol–water partition coefficient (Wildman–Crippen LogP) is 3.40. The average Bonchev–Trinajstić information content (AvgIpc) is 2.82. The molecule has 0 radical (unpaired) electrons. The van der Waals surface area contributed by atoms with Gasteiger partial charge in [-0.2, -0.15) is 0 Å². The molecule has 1 saturated heterocycles. The summed E-state index contributed by atoms with van der Waals surface area (Å²) < 4.78 is 7.36. The number of rotatable bonds is 3. The molecule has 0 spiro atoms. The van der Waals surface area contributed by atoms with Gasteiger partial charge in [0.05, 0.1) is 11.7 Å².